The molecular weight excluding hydrogens is 511 g/mol. The van der Waals surface area contributed by atoms with Crippen LogP contribution in [0.4, 0.5) is 22.7 Å². The van der Waals surface area contributed by atoms with Crippen molar-refractivity contribution < 1.29 is 4.57 Å². The Morgan fingerprint density at radius 2 is 0.975 bits per heavy atom. The van der Waals surface area contributed by atoms with E-state index in [1.807, 2.05) is 125 Å². The van der Waals surface area contributed by atoms with E-state index in [1.54, 1.807) is 12.4 Å². The van der Waals surface area contributed by atoms with Crippen molar-refractivity contribution in [3.8, 4) is 22.5 Å². The van der Waals surface area contributed by atoms with Gasteiger partial charge in [0.25, 0.3) is 0 Å². The Kier molecular flexibility index (Phi) is 5.99. The lowest BCUT2D eigenvalue weighted by molar-refractivity contribution is 0.581. The van der Waals surface area contributed by atoms with Gasteiger partial charge in [-0.05, 0) is 60.7 Å². The average Bonchev–Trinajstić information content (AvgIpc) is 3.13. The van der Waals surface area contributed by atoms with E-state index < -0.39 is 7.44 Å². The summed E-state index contributed by atoms with van der Waals surface area (Å²) in [6, 6.07) is 45.9. The van der Waals surface area contributed by atoms with Gasteiger partial charge in [-0.2, -0.15) is 0 Å². The van der Waals surface area contributed by atoms with Crippen molar-refractivity contribution in [2.45, 2.75) is 0 Å². The summed E-state index contributed by atoms with van der Waals surface area (Å²) in [7, 11) is -3.67. The minimum absolute atomic E-state index is 0.617. The van der Waals surface area contributed by atoms with Crippen LogP contribution >= 0.6 is 7.44 Å². The highest BCUT2D eigenvalue weighted by molar-refractivity contribution is 7.75. The van der Waals surface area contributed by atoms with Crippen LogP contribution in [0.5, 0.6) is 0 Å². The molecule has 7 rings (SSSR count). The molecule has 0 radical (unpaired) electrons. The van der Waals surface area contributed by atoms with E-state index in [0.717, 1.165) is 45.3 Å². The highest BCUT2D eigenvalue weighted by Crippen LogP contribution is 2.66. The van der Waals surface area contributed by atoms with Crippen LogP contribution in [0.3, 0.4) is 0 Å². The molecule has 4 aromatic carbocycles. The monoisotopic (exact) mass is 536 g/mol. The fourth-order valence-electron chi connectivity index (χ4n) is 5.34. The molecule has 0 fully saturated rings. The van der Waals surface area contributed by atoms with E-state index in [4.69, 9.17) is 4.98 Å². The molecule has 6 aromatic rings. The number of pyridine rings is 2. The van der Waals surface area contributed by atoms with Gasteiger partial charge in [-0.25, -0.2) is 0 Å². The smallest absolute Gasteiger partial charge is 0.271 e. The van der Waals surface area contributed by atoms with Crippen molar-refractivity contribution in [1.82, 2.24) is 9.97 Å². The number of benzene rings is 4. The number of aromatic nitrogens is 2. The summed E-state index contributed by atoms with van der Waals surface area (Å²) in [5.74, 6) is 0. The highest BCUT2D eigenvalue weighted by Gasteiger charge is 2.45. The van der Waals surface area contributed by atoms with Crippen molar-refractivity contribution in [3.63, 3.8) is 0 Å². The second-order valence-corrected chi connectivity index (χ2v) is 11.9. The van der Waals surface area contributed by atoms with Gasteiger partial charge in [0.2, 0.25) is 0 Å². The van der Waals surface area contributed by atoms with E-state index in [1.165, 1.54) is 0 Å². The third kappa shape index (κ3) is 3.91. The fraction of sp³-hybridized carbons (Fsp3) is 0. The third-order valence-electron chi connectivity index (χ3n) is 7.11. The quantitative estimate of drug-likeness (QED) is 0.211. The first-order chi connectivity index (χ1) is 19.7. The van der Waals surface area contributed by atoms with Crippen molar-refractivity contribution >= 4 is 35.5 Å². The summed E-state index contributed by atoms with van der Waals surface area (Å²) < 4.78 is 20.3. The topological polar surface area (TPSA) is 49.3 Å². The maximum absolute atomic E-state index is 16.3. The molecule has 192 valence electrons. The lowest BCUT2D eigenvalue weighted by Gasteiger charge is -2.40. The summed E-state index contributed by atoms with van der Waals surface area (Å²) in [6.45, 7) is 0. The molecule has 5 nitrogen and oxygen atoms in total. The van der Waals surface area contributed by atoms with Crippen molar-refractivity contribution in [2.24, 2.45) is 0 Å². The summed E-state index contributed by atoms with van der Waals surface area (Å²) in [6.07, 6.45) is 3.49. The molecule has 0 saturated carbocycles. The van der Waals surface area contributed by atoms with Gasteiger partial charge in [-0.3, -0.25) is 23.9 Å². The number of para-hydroxylation sites is 4. The van der Waals surface area contributed by atoms with Crippen LogP contribution in [0.25, 0.3) is 22.5 Å². The van der Waals surface area contributed by atoms with Crippen molar-refractivity contribution in [1.29, 1.82) is 0 Å². The molecule has 0 amide bonds. The van der Waals surface area contributed by atoms with Crippen LogP contribution in [0, 0.1) is 0 Å². The molecular formula is C34H25N4OP. The zero-order chi connectivity index (χ0) is 26.9. The van der Waals surface area contributed by atoms with Gasteiger partial charge < -0.3 is 0 Å². The molecule has 0 unspecified atom stereocenters. The Bertz CT molecular complexity index is 1730. The Morgan fingerprint density at radius 3 is 1.48 bits per heavy atom. The number of hydrogen-bond acceptors (Lipinski definition) is 3. The zero-order valence-electron chi connectivity index (χ0n) is 21.6. The fourth-order valence-corrected chi connectivity index (χ4v) is 8.28. The van der Waals surface area contributed by atoms with E-state index in [9.17, 15) is 0 Å². The first-order valence-corrected chi connectivity index (χ1v) is 14.7. The minimum atomic E-state index is -3.67. The predicted molar refractivity (Wildman–Crippen MR) is 164 cm³/mol. The third-order valence-corrected chi connectivity index (χ3v) is 10.0. The number of nitrogens with zero attached hydrogens (tertiary/aromatic N) is 4. The van der Waals surface area contributed by atoms with Crippen LogP contribution in [0.15, 0.2) is 152 Å². The summed E-state index contributed by atoms with van der Waals surface area (Å²) >= 11 is 0. The Hall–Kier alpha value is -4.99. The normalized spacial score (nSPS) is 13.7. The molecule has 1 aliphatic rings. The first-order valence-electron chi connectivity index (χ1n) is 13.1. The molecule has 0 atom stereocenters. The van der Waals surface area contributed by atoms with E-state index >= 15 is 4.57 Å². The lowest BCUT2D eigenvalue weighted by Crippen LogP contribution is -2.32. The van der Waals surface area contributed by atoms with Gasteiger partial charge in [0.05, 0.1) is 28.1 Å². The second kappa shape index (κ2) is 9.96. The van der Waals surface area contributed by atoms with Crippen molar-refractivity contribution in [3.05, 3.63) is 152 Å². The van der Waals surface area contributed by atoms with Gasteiger partial charge in [0, 0.05) is 34.9 Å². The molecule has 0 spiro atoms. The van der Waals surface area contributed by atoms with Crippen LogP contribution in [0.2, 0.25) is 0 Å². The van der Waals surface area contributed by atoms with Crippen molar-refractivity contribution in [2.75, 3.05) is 9.34 Å². The first kappa shape index (κ1) is 24.1. The van der Waals surface area contributed by atoms with Crippen LogP contribution in [-0.2, 0) is 4.57 Å². The van der Waals surface area contributed by atoms with Gasteiger partial charge in [-0.15, -0.1) is 0 Å². The van der Waals surface area contributed by atoms with Crippen LogP contribution in [-0.4, -0.2) is 9.97 Å². The second-order valence-electron chi connectivity index (χ2n) is 9.49. The standard InChI is InChI=1S/C34H25N4OP/c39-40(28-22-23-32(36-25-28)31-19-11-12-24-35-31)37(26-13-3-1-4-14-26)33-20-9-7-17-29(33)30-18-8-10-21-34(30)38(40)27-15-5-2-6-16-27/h1-25H. The maximum atomic E-state index is 16.3. The minimum Gasteiger partial charge on any atom is -0.271 e. The van der Waals surface area contributed by atoms with Gasteiger partial charge in [0.1, 0.15) is 0 Å². The molecule has 0 saturated heterocycles. The number of rotatable bonds is 4. The lowest BCUT2D eigenvalue weighted by atomic mass is 10.0. The van der Waals surface area contributed by atoms with Gasteiger partial charge in [-0.1, -0.05) is 78.9 Å². The SMILES string of the molecule is O=P1(c2ccc(-c3ccccn3)nc2)N(c2ccccc2)c2ccccc2-c2ccccc2N1c1ccccc1. The molecule has 0 bridgehead atoms. The summed E-state index contributed by atoms with van der Waals surface area (Å²) in [5, 5.41) is 0.617. The predicted octanol–water partition coefficient (Wildman–Crippen LogP) is 8.62. The average molecular weight is 537 g/mol. The van der Waals surface area contributed by atoms with Crippen LogP contribution < -0.4 is 14.6 Å². The number of fused-ring (bicyclic) bond motifs is 3. The largest absolute Gasteiger partial charge is 0.303 e. The molecule has 3 heterocycles. The summed E-state index contributed by atoms with van der Waals surface area (Å²) in [5.41, 5.74) is 6.93. The molecule has 6 heteroatoms. The van der Waals surface area contributed by atoms with Gasteiger partial charge in [0.15, 0.2) is 0 Å². The summed E-state index contributed by atoms with van der Waals surface area (Å²) in [4.78, 5) is 9.24. The van der Waals surface area contributed by atoms with E-state index in [2.05, 4.69) is 29.2 Å². The Morgan fingerprint density at radius 1 is 0.475 bits per heavy atom. The molecule has 2 aromatic heterocycles. The number of anilines is 4. The molecule has 40 heavy (non-hydrogen) atoms. The molecule has 0 aliphatic carbocycles. The molecule has 1 aliphatic heterocycles. The highest BCUT2D eigenvalue weighted by atomic mass is 31.2. The zero-order valence-corrected chi connectivity index (χ0v) is 22.5. The van der Waals surface area contributed by atoms with Gasteiger partial charge >= 0.3 is 7.44 Å². The van der Waals surface area contributed by atoms with Crippen LogP contribution in [0.1, 0.15) is 0 Å². The van der Waals surface area contributed by atoms with E-state index in [0.29, 0.717) is 5.30 Å². The van der Waals surface area contributed by atoms with E-state index in [-0.39, 0.29) is 0 Å². The number of hydrogen-bond donors (Lipinski definition) is 0. The maximum Gasteiger partial charge on any atom is 0.303 e. The Balaban J connectivity index is 1.57. The molecule has 0 N–H and O–H groups in total. The Labute approximate surface area is 233 Å².